The number of hydrogen-bond donors (Lipinski definition) is 0. The van der Waals surface area contributed by atoms with Crippen molar-refractivity contribution in [1.82, 2.24) is 4.57 Å². The molecule has 0 saturated carbocycles. The average Bonchev–Trinajstić information content (AvgIpc) is 2.80. The molecule has 0 saturated heterocycles. The first-order valence-corrected chi connectivity index (χ1v) is 6.91. The molecule has 0 unspecified atom stereocenters. The molecule has 0 atom stereocenters. The number of rotatable bonds is 2. The summed E-state index contributed by atoms with van der Waals surface area (Å²) in [5, 5.41) is 12.8. The van der Waals surface area contributed by atoms with Crippen molar-refractivity contribution in [3.05, 3.63) is 59.8 Å². The van der Waals surface area contributed by atoms with E-state index in [4.69, 9.17) is 16.9 Å². The number of thioether (sulfide) groups is 1. The monoisotopic (exact) mass is 284 g/mol. The number of aromatic nitrogens is 1. The van der Waals surface area contributed by atoms with Crippen molar-refractivity contribution in [2.24, 2.45) is 0 Å². The molecule has 0 amide bonds. The molecule has 0 N–H and O–H groups in total. The second-order valence-electron chi connectivity index (χ2n) is 4.05. The van der Waals surface area contributed by atoms with Crippen LogP contribution in [0, 0.1) is 10.7 Å². The molecule has 4 heteroatoms. The minimum atomic E-state index is 0.715. The number of hydrogen-bond acceptors (Lipinski definition) is 2. The molecule has 92 valence electrons. The van der Waals surface area contributed by atoms with E-state index in [1.54, 1.807) is 0 Å². The van der Waals surface area contributed by atoms with Gasteiger partial charge in [0.25, 0.3) is 0 Å². The fraction of sp³-hybridized carbons (Fsp3) is 0. The Morgan fingerprint density at radius 1 is 1.05 bits per heavy atom. The lowest BCUT2D eigenvalue weighted by atomic mass is 10.2. The summed E-state index contributed by atoms with van der Waals surface area (Å²) in [6.45, 7) is 0. The predicted molar refractivity (Wildman–Crippen MR) is 79.8 cm³/mol. The fourth-order valence-corrected chi connectivity index (χ4v) is 2.76. The Balaban J connectivity index is 2.24. The SMILES string of the molecule is N#CSc1cn(-c2ccc(Cl)cc2)c2ccccc12. The number of thiocyanates is 1. The fourth-order valence-electron chi connectivity index (χ4n) is 2.09. The number of nitrogens with zero attached hydrogens (tertiary/aromatic N) is 2. The second-order valence-corrected chi connectivity index (χ2v) is 5.31. The van der Waals surface area contributed by atoms with Crippen molar-refractivity contribution >= 4 is 34.3 Å². The van der Waals surface area contributed by atoms with Gasteiger partial charge in [0.1, 0.15) is 5.40 Å². The highest BCUT2D eigenvalue weighted by Crippen LogP contribution is 2.31. The summed E-state index contributed by atoms with van der Waals surface area (Å²) in [5.41, 5.74) is 2.12. The van der Waals surface area contributed by atoms with Crippen molar-refractivity contribution in [3.8, 4) is 11.1 Å². The van der Waals surface area contributed by atoms with E-state index >= 15 is 0 Å². The average molecular weight is 285 g/mol. The first kappa shape index (κ1) is 12.2. The first-order chi connectivity index (χ1) is 9.29. The first-order valence-electron chi connectivity index (χ1n) is 5.71. The highest BCUT2D eigenvalue weighted by molar-refractivity contribution is 8.04. The van der Waals surface area contributed by atoms with Crippen LogP contribution in [0.5, 0.6) is 0 Å². The molecule has 0 bridgehead atoms. The highest BCUT2D eigenvalue weighted by atomic mass is 35.5. The molecule has 0 radical (unpaired) electrons. The van der Waals surface area contributed by atoms with E-state index < -0.39 is 0 Å². The van der Waals surface area contributed by atoms with Gasteiger partial charge in [-0.3, -0.25) is 0 Å². The van der Waals surface area contributed by atoms with Crippen LogP contribution in [0.2, 0.25) is 5.02 Å². The molecular formula is C15H9ClN2S. The van der Waals surface area contributed by atoms with Gasteiger partial charge in [-0.1, -0.05) is 29.8 Å². The Morgan fingerprint density at radius 3 is 2.53 bits per heavy atom. The van der Waals surface area contributed by atoms with E-state index in [0.717, 1.165) is 21.5 Å². The number of fused-ring (bicyclic) bond motifs is 1. The van der Waals surface area contributed by atoms with Gasteiger partial charge in [-0.05, 0) is 42.1 Å². The Morgan fingerprint density at radius 2 is 1.79 bits per heavy atom. The Kier molecular flexibility index (Phi) is 3.20. The zero-order chi connectivity index (χ0) is 13.2. The summed E-state index contributed by atoms with van der Waals surface area (Å²) in [5.74, 6) is 0. The van der Waals surface area contributed by atoms with E-state index in [-0.39, 0.29) is 0 Å². The Bertz CT molecular complexity index is 769. The Labute approximate surface area is 120 Å². The summed E-state index contributed by atoms with van der Waals surface area (Å²) < 4.78 is 2.07. The lowest BCUT2D eigenvalue weighted by Gasteiger charge is -2.04. The van der Waals surface area contributed by atoms with Crippen LogP contribution in [0.15, 0.2) is 59.6 Å². The van der Waals surface area contributed by atoms with Crippen molar-refractivity contribution in [3.63, 3.8) is 0 Å². The zero-order valence-corrected chi connectivity index (χ0v) is 11.4. The third-order valence-corrected chi connectivity index (χ3v) is 3.82. The maximum atomic E-state index is 8.88. The lowest BCUT2D eigenvalue weighted by molar-refractivity contribution is 1.11. The largest absolute Gasteiger partial charge is 0.315 e. The predicted octanol–water partition coefficient (Wildman–Crippen LogP) is 4.86. The molecule has 2 aromatic carbocycles. The molecule has 0 aliphatic heterocycles. The van der Waals surface area contributed by atoms with E-state index in [1.807, 2.05) is 54.7 Å². The smallest absolute Gasteiger partial charge is 0.138 e. The minimum Gasteiger partial charge on any atom is -0.315 e. The van der Waals surface area contributed by atoms with Gasteiger partial charge in [0.05, 0.1) is 5.52 Å². The summed E-state index contributed by atoms with van der Waals surface area (Å²) in [7, 11) is 0. The van der Waals surface area contributed by atoms with Gasteiger partial charge in [-0.25, -0.2) is 0 Å². The number of para-hydroxylation sites is 1. The van der Waals surface area contributed by atoms with Gasteiger partial charge in [0.2, 0.25) is 0 Å². The third kappa shape index (κ3) is 2.21. The van der Waals surface area contributed by atoms with Crippen LogP contribution in [0.4, 0.5) is 0 Å². The molecular weight excluding hydrogens is 276 g/mol. The van der Waals surface area contributed by atoms with E-state index in [2.05, 4.69) is 9.97 Å². The van der Waals surface area contributed by atoms with Crippen LogP contribution in [0.3, 0.4) is 0 Å². The quantitative estimate of drug-likeness (QED) is 0.497. The van der Waals surface area contributed by atoms with Gasteiger partial charge in [0.15, 0.2) is 0 Å². The second kappa shape index (κ2) is 5.00. The van der Waals surface area contributed by atoms with Crippen molar-refractivity contribution in [2.75, 3.05) is 0 Å². The molecule has 0 spiro atoms. The summed E-state index contributed by atoms with van der Waals surface area (Å²) in [6, 6.07) is 15.7. The Hall–Kier alpha value is -1.89. The van der Waals surface area contributed by atoms with Crippen molar-refractivity contribution < 1.29 is 0 Å². The number of halogens is 1. The van der Waals surface area contributed by atoms with E-state index in [0.29, 0.717) is 5.02 Å². The molecule has 1 heterocycles. The van der Waals surface area contributed by atoms with Crippen LogP contribution in [0.25, 0.3) is 16.6 Å². The van der Waals surface area contributed by atoms with E-state index in [1.165, 1.54) is 11.8 Å². The maximum Gasteiger partial charge on any atom is 0.138 e. The van der Waals surface area contributed by atoms with Crippen LogP contribution in [0.1, 0.15) is 0 Å². The molecule has 19 heavy (non-hydrogen) atoms. The number of nitriles is 1. The standard InChI is InChI=1S/C15H9ClN2S/c16-11-5-7-12(8-6-11)18-9-15(19-10-17)13-3-1-2-4-14(13)18/h1-9H. The summed E-state index contributed by atoms with van der Waals surface area (Å²) >= 11 is 7.10. The molecule has 0 aliphatic rings. The normalized spacial score (nSPS) is 10.5. The number of benzene rings is 2. The van der Waals surface area contributed by atoms with Gasteiger partial charge in [-0.15, -0.1) is 0 Å². The van der Waals surface area contributed by atoms with Gasteiger partial charge >= 0.3 is 0 Å². The van der Waals surface area contributed by atoms with Crippen LogP contribution in [-0.2, 0) is 0 Å². The molecule has 0 aliphatic carbocycles. The molecule has 0 fully saturated rings. The zero-order valence-electron chi connectivity index (χ0n) is 9.88. The van der Waals surface area contributed by atoms with Gasteiger partial charge in [-0.2, -0.15) is 5.26 Å². The van der Waals surface area contributed by atoms with Gasteiger partial charge < -0.3 is 4.57 Å². The van der Waals surface area contributed by atoms with Crippen LogP contribution >= 0.6 is 23.4 Å². The molecule has 1 aromatic heterocycles. The molecule has 2 nitrogen and oxygen atoms in total. The van der Waals surface area contributed by atoms with Gasteiger partial charge in [0, 0.05) is 27.2 Å². The minimum absolute atomic E-state index is 0.715. The molecule has 3 aromatic rings. The van der Waals surface area contributed by atoms with Crippen LogP contribution < -0.4 is 0 Å². The molecule has 3 rings (SSSR count). The van der Waals surface area contributed by atoms with Crippen molar-refractivity contribution in [2.45, 2.75) is 4.90 Å². The summed E-state index contributed by atoms with van der Waals surface area (Å²) in [4.78, 5) is 0.966. The van der Waals surface area contributed by atoms with E-state index in [9.17, 15) is 0 Å². The highest BCUT2D eigenvalue weighted by Gasteiger charge is 2.09. The lowest BCUT2D eigenvalue weighted by Crippen LogP contribution is -1.90. The third-order valence-electron chi connectivity index (χ3n) is 2.94. The topological polar surface area (TPSA) is 28.7 Å². The maximum absolute atomic E-state index is 8.88. The van der Waals surface area contributed by atoms with Crippen LogP contribution in [-0.4, -0.2) is 4.57 Å². The van der Waals surface area contributed by atoms with Crippen molar-refractivity contribution in [1.29, 1.82) is 5.26 Å². The summed E-state index contributed by atoms with van der Waals surface area (Å²) in [6.07, 6.45) is 1.99.